The first-order valence-corrected chi connectivity index (χ1v) is 9.88. The van der Waals surface area contributed by atoms with Gasteiger partial charge in [-0.25, -0.2) is 4.79 Å². The van der Waals surface area contributed by atoms with Crippen LogP contribution in [0.15, 0.2) is 53.6 Å². The quantitative estimate of drug-likeness (QED) is 0.436. The summed E-state index contributed by atoms with van der Waals surface area (Å²) >= 11 is 14.0. The SMILES string of the molecule is CC(C)(C)OC(=O)n1ccc2cc(SCc3ccc(Cl)cc3)c(Cl)cc21. The number of hydrogen-bond donors (Lipinski definition) is 0. The van der Waals surface area contributed by atoms with Crippen molar-refractivity contribution >= 4 is 52.0 Å². The number of halogens is 2. The van der Waals surface area contributed by atoms with E-state index in [4.69, 9.17) is 27.9 Å². The maximum atomic E-state index is 12.4. The van der Waals surface area contributed by atoms with Crippen molar-refractivity contribution < 1.29 is 9.53 Å². The number of thioether (sulfide) groups is 1. The molecule has 1 aromatic heterocycles. The Hall–Kier alpha value is -1.62. The van der Waals surface area contributed by atoms with E-state index in [9.17, 15) is 4.79 Å². The lowest BCUT2D eigenvalue weighted by Gasteiger charge is -2.19. The molecule has 0 amide bonds. The number of rotatable bonds is 3. The highest BCUT2D eigenvalue weighted by molar-refractivity contribution is 7.98. The van der Waals surface area contributed by atoms with Crippen LogP contribution in [-0.2, 0) is 10.5 Å². The first kappa shape index (κ1) is 19.2. The molecule has 3 rings (SSSR count). The van der Waals surface area contributed by atoms with Crippen LogP contribution < -0.4 is 0 Å². The second kappa shape index (κ2) is 7.55. The Morgan fingerprint density at radius 3 is 2.46 bits per heavy atom. The van der Waals surface area contributed by atoms with Gasteiger partial charge in [-0.3, -0.25) is 4.57 Å². The maximum absolute atomic E-state index is 12.4. The number of hydrogen-bond acceptors (Lipinski definition) is 3. The van der Waals surface area contributed by atoms with Gasteiger partial charge in [-0.15, -0.1) is 11.8 Å². The van der Waals surface area contributed by atoms with E-state index in [-0.39, 0.29) is 0 Å². The Labute approximate surface area is 167 Å². The number of fused-ring (bicyclic) bond motifs is 1. The second-order valence-electron chi connectivity index (χ2n) is 6.92. The smallest absolute Gasteiger partial charge is 0.418 e. The van der Waals surface area contributed by atoms with Gasteiger partial charge in [-0.1, -0.05) is 35.3 Å². The molecule has 26 heavy (non-hydrogen) atoms. The molecule has 0 bridgehead atoms. The molecule has 3 nitrogen and oxygen atoms in total. The topological polar surface area (TPSA) is 31.2 Å². The molecule has 0 spiro atoms. The van der Waals surface area contributed by atoms with Crippen molar-refractivity contribution in [2.75, 3.05) is 0 Å². The monoisotopic (exact) mass is 407 g/mol. The lowest BCUT2D eigenvalue weighted by Crippen LogP contribution is -2.26. The van der Waals surface area contributed by atoms with E-state index in [0.717, 1.165) is 26.6 Å². The average Bonchev–Trinajstić information content (AvgIpc) is 2.95. The highest BCUT2D eigenvalue weighted by Gasteiger charge is 2.19. The van der Waals surface area contributed by atoms with E-state index < -0.39 is 11.7 Å². The first-order chi connectivity index (χ1) is 12.2. The molecule has 0 unspecified atom stereocenters. The van der Waals surface area contributed by atoms with Crippen LogP contribution in [0.2, 0.25) is 10.0 Å². The fourth-order valence-electron chi connectivity index (χ4n) is 2.46. The highest BCUT2D eigenvalue weighted by Crippen LogP contribution is 2.34. The molecule has 0 aliphatic rings. The van der Waals surface area contributed by atoms with E-state index in [0.29, 0.717) is 5.02 Å². The summed E-state index contributed by atoms with van der Waals surface area (Å²) in [7, 11) is 0. The second-order valence-corrected chi connectivity index (χ2v) is 8.78. The number of nitrogens with zero attached hydrogens (tertiary/aromatic N) is 1. The molecular weight excluding hydrogens is 389 g/mol. The number of aromatic nitrogens is 1. The summed E-state index contributed by atoms with van der Waals surface area (Å²) in [6.45, 7) is 5.53. The van der Waals surface area contributed by atoms with Gasteiger partial charge in [0.25, 0.3) is 0 Å². The zero-order chi connectivity index (χ0) is 18.9. The van der Waals surface area contributed by atoms with Gasteiger partial charge in [-0.2, -0.15) is 0 Å². The lowest BCUT2D eigenvalue weighted by atomic mass is 10.2. The van der Waals surface area contributed by atoms with Crippen molar-refractivity contribution in [2.45, 2.75) is 37.0 Å². The van der Waals surface area contributed by atoms with Gasteiger partial charge in [0.1, 0.15) is 5.60 Å². The van der Waals surface area contributed by atoms with Crippen LogP contribution in [0.4, 0.5) is 4.79 Å². The minimum absolute atomic E-state index is 0.412. The molecule has 0 fully saturated rings. The van der Waals surface area contributed by atoms with Crippen LogP contribution in [0, 0.1) is 0 Å². The van der Waals surface area contributed by atoms with Crippen molar-refractivity contribution in [3.05, 3.63) is 64.3 Å². The summed E-state index contributed by atoms with van der Waals surface area (Å²) in [5, 5.41) is 2.28. The van der Waals surface area contributed by atoms with Gasteiger partial charge >= 0.3 is 6.09 Å². The number of ether oxygens (including phenoxy) is 1. The predicted molar refractivity (Wildman–Crippen MR) is 110 cm³/mol. The molecule has 0 saturated heterocycles. The van der Waals surface area contributed by atoms with Crippen LogP contribution in [0.5, 0.6) is 0 Å². The molecule has 136 valence electrons. The molecule has 3 aromatic rings. The summed E-state index contributed by atoms with van der Waals surface area (Å²) in [4.78, 5) is 13.3. The minimum atomic E-state index is -0.550. The largest absolute Gasteiger partial charge is 0.443 e. The molecule has 1 heterocycles. The van der Waals surface area contributed by atoms with E-state index >= 15 is 0 Å². The molecular formula is C20H19Cl2NO2S. The van der Waals surface area contributed by atoms with Gasteiger partial charge in [0.05, 0.1) is 10.5 Å². The molecule has 0 aliphatic heterocycles. The van der Waals surface area contributed by atoms with Gasteiger partial charge in [-0.05, 0) is 56.7 Å². The molecule has 0 N–H and O–H groups in total. The lowest BCUT2D eigenvalue weighted by molar-refractivity contribution is 0.0544. The van der Waals surface area contributed by atoms with Crippen LogP contribution in [-0.4, -0.2) is 16.3 Å². The Balaban J connectivity index is 1.82. The molecule has 6 heteroatoms. The van der Waals surface area contributed by atoms with Crippen LogP contribution in [0.25, 0.3) is 10.9 Å². The van der Waals surface area contributed by atoms with Gasteiger partial charge in [0.2, 0.25) is 0 Å². The fourth-order valence-corrected chi connectivity index (χ4v) is 3.83. The van der Waals surface area contributed by atoms with Gasteiger partial charge in [0, 0.05) is 27.3 Å². The molecule has 0 atom stereocenters. The van der Waals surface area contributed by atoms with E-state index in [1.807, 2.05) is 63.2 Å². The predicted octanol–water partition coefficient (Wildman–Crippen LogP) is 7.02. The third kappa shape index (κ3) is 4.56. The van der Waals surface area contributed by atoms with Crippen molar-refractivity contribution in [1.82, 2.24) is 4.57 Å². The summed E-state index contributed by atoms with van der Waals surface area (Å²) in [5.74, 6) is 0.787. The van der Waals surface area contributed by atoms with Crippen LogP contribution >= 0.6 is 35.0 Å². The summed E-state index contributed by atoms with van der Waals surface area (Å²) < 4.78 is 6.93. The fraction of sp³-hybridized carbons (Fsp3) is 0.250. The normalized spacial score (nSPS) is 11.7. The van der Waals surface area contributed by atoms with E-state index in [2.05, 4.69) is 0 Å². The third-order valence-corrected chi connectivity index (χ3v) is 5.44. The Morgan fingerprint density at radius 1 is 1.12 bits per heavy atom. The third-order valence-electron chi connectivity index (χ3n) is 3.64. The Kier molecular flexibility index (Phi) is 5.56. The highest BCUT2D eigenvalue weighted by atomic mass is 35.5. The van der Waals surface area contributed by atoms with E-state index in [1.54, 1.807) is 18.0 Å². The zero-order valence-electron chi connectivity index (χ0n) is 14.8. The molecule has 0 saturated carbocycles. The van der Waals surface area contributed by atoms with Gasteiger partial charge < -0.3 is 4.74 Å². The van der Waals surface area contributed by atoms with Crippen molar-refractivity contribution in [3.63, 3.8) is 0 Å². The summed E-state index contributed by atoms with van der Waals surface area (Å²) in [5.41, 5.74) is 1.35. The first-order valence-electron chi connectivity index (χ1n) is 8.14. The summed E-state index contributed by atoms with van der Waals surface area (Å²) in [6, 6.07) is 13.5. The number of carbonyl (C=O) groups is 1. The molecule has 0 radical (unpaired) electrons. The van der Waals surface area contributed by atoms with E-state index in [1.165, 1.54) is 10.1 Å². The van der Waals surface area contributed by atoms with Crippen molar-refractivity contribution in [1.29, 1.82) is 0 Å². The number of carbonyl (C=O) groups excluding carboxylic acids is 1. The zero-order valence-corrected chi connectivity index (χ0v) is 17.1. The minimum Gasteiger partial charge on any atom is -0.443 e. The van der Waals surface area contributed by atoms with Crippen LogP contribution in [0.1, 0.15) is 26.3 Å². The molecule has 0 aliphatic carbocycles. The number of benzene rings is 2. The molecule has 2 aromatic carbocycles. The standard InChI is InChI=1S/C20H19Cl2NO2S/c1-20(2,3)25-19(24)23-9-8-14-10-18(16(22)11-17(14)23)26-12-13-4-6-15(21)7-5-13/h4-11H,12H2,1-3H3. The Morgan fingerprint density at radius 2 is 1.81 bits per heavy atom. The van der Waals surface area contributed by atoms with Crippen LogP contribution in [0.3, 0.4) is 0 Å². The summed E-state index contributed by atoms with van der Waals surface area (Å²) in [6.07, 6.45) is 1.30. The van der Waals surface area contributed by atoms with Gasteiger partial charge in [0.15, 0.2) is 0 Å². The van der Waals surface area contributed by atoms with Crippen molar-refractivity contribution in [3.8, 4) is 0 Å². The average molecular weight is 408 g/mol. The Bertz CT molecular complexity index is 943. The van der Waals surface area contributed by atoms with Crippen molar-refractivity contribution in [2.24, 2.45) is 0 Å². The maximum Gasteiger partial charge on any atom is 0.418 e.